The van der Waals surface area contributed by atoms with Crippen molar-refractivity contribution in [1.29, 1.82) is 5.26 Å². The maximum atomic E-state index is 12.6. The number of rotatable bonds is 8. The van der Waals surface area contributed by atoms with E-state index in [0.717, 1.165) is 5.56 Å². The van der Waals surface area contributed by atoms with Gasteiger partial charge < -0.3 is 19.9 Å². The number of hydrogen-bond donors (Lipinski definition) is 2. The molecule has 0 aromatic heterocycles. The number of carbonyl (C=O) groups excluding carboxylic acids is 1. The predicted octanol–water partition coefficient (Wildman–Crippen LogP) is 5.17. The number of halogens is 1. The summed E-state index contributed by atoms with van der Waals surface area (Å²) in [5.41, 5.74) is 1.45. The zero-order valence-electron chi connectivity index (χ0n) is 17.5. The zero-order chi connectivity index (χ0) is 23.8. The molecule has 2 N–H and O–H groups in total. The summed E-state index contributed by atoms with van der Waals surface area (Å²) in [4.78, 5) is 23.7. The molecule has 166 valence electrons. The summed E-state index contributed by atoms with van der Waals surface area (Å²) in [6, 6.07) is 19.9. The Morgan fingerprint density at radius 3 is 2.58 bits per heavy atom. The molecule has 3 aromatic carbocycles. The Labute approximate surface area is 195 Å². The topological polar surface area (TPSA) is 109 Å². The summed E-state index contributed by atoms with van der Waals surface area (Å²) in [7, 11) is 1.51. The van der Waals surface area contributed by atoms with Gasteiger partial charge in [-0.3, -0.25) is 4.79 Å². The van der Waals surface area contributed by atoms with Crippen LogP contribution in [-0.4, -0.2) is 24.1 Å². The molecule has 0 bridgehead atoms. The van der Waals surface area contributed by atoms with E-state index in [1.165, 1.54) is 37.5 Å². The van der Waals surface area contributed by atoms with Crippen molar-refractivity contribution in [2.75, 3.05) is 12.4 Å². The van der Waals surface area contributed by atoms with Gasteiger partial charge in [-0.15, -0.1) is 0 Å². The second-order valence-corrected chi connectivity index (χ2v) is 7.21. The molecule has 0 unspecified atom stereocenters. The van der Waals surface area contributed by atoms with Gasteiger partial charge in [-0.2, -0.15) is 5.26 Å². The van der Waals surface area contributed by atoms with E-state index in [2.05, 4.69) is 5.32 Å². The van der Waals surface area contributed by atoms with Crippen molar-refractivity contribution in [2.24, 2.45) is 0 Å². The Balaban J connectivity index is 1.81. The van der Waals surface area contributed by atoms with E-state index in [4.69, 9.17) is 26.2 Å². The van der Waals surface area contributed by atoms with Crippen LogP contribution >= 0.6 is 11.6 Å². The summed E-state index contributed by atoms with van der Waals surface area (Å²) in [6.45, 7) is 0.203. The van der Waals surface area contributed by atoms with Gasteiger partial charge in [0.1, 0.15) is 18.2 Å². The van der Waals surface area contributed by atoms with E-state index in [9.17, 15) is 14.9 Å². The van der Waals surface area contributed by atoms with Crippen LogP contribution in [0.1, 0.15) is 21.5 Å². The van der Waals surface area contributed by atoms with Crippen LogP contribution in [-0.2, 0) is 11.4 Å². The van der Waals surface area contributed by atoms with Crippen molar-refractivity contribution < 1.29 is 24.2 Å². The average Bonchev–Trinajstić information content (AvgIpc) is 2.82. The second kappa shape index (κ2) is 10.8. The summed E-state index contributed by atoms with van der Waals surface area (Å²) in [5.74, 6) is -0.898. The lowest BCUT2D eigenvalue weighted by Gasteiger charge is -2.12. The van der Waals surface area contributed by atoms with Crippen LogP contribution in [0.15, 0.2) is 72.3 Å². The van der Waals surface area contributed by atoms with E-state index in [-0.39, 0.29) is 23.4 Å². The molecule has 0 fully saturated rings. The van der Waals surface area contributed by atoms with Crippen LogP contribution in [0, 0.1) is 11.3 Å². The van der Waals surface area contributed by atoms with Crippen LogP contribution in [0.4, 0.5) is 5.69 Å². The van der Waals surface area contributed by atoms with Crippen molar-refractivity contribution in [2.45, 2.75) is 6.61 Å². The fourth-order valence-corrected chi connectivity index (χ4v) is 3.10. The number of benzene rings is 3. The van der Waals surface area contributed by atoms with Crippen LogP contribution in [0.25, 0.3) is 6.08 Å². The number of methoxy groups -OCH3 is 1. The fourth-order valence-electron chi connectivity index (χ4n) is 2.91. The average molecular weight is 463 g/mol. The third-order valence-electron chi connectivity index (χ3n) is 4.57. The standard InChI is InChI=1S/C25H19ClN2O5/c1-32-22-10-9-16(12-23(22)33-15-18-5-2-3-8-21(18)26)11-19(14-27)24(29)28-20-7-4-6-17(13-20)25(30)31/h2-13H,15H2,1H3,(H,28,29)(H,30,31). The number of anilines is 1. The van der Waals surface area contributed by atoms with Crippen molar-refractivity contribution in [1.82, 2.24) is 0 Å². The maximum Gasteiger partial charge on any atom is 0.335 e. The van der Waals surface area contributed by atoms with Crippen molar-refractivity contribution in [3.63, 3.8) is 0 Å². The van der Waals surface area contributed by atoms with Gasteiger partial charge in [0.25, 0.3) is 5.91 Å². The first-order valence-corrected chi connectivity index (χ1v) is 10.1. The highest BCUT2D eigenvalue weighted by molar-refractivity contribution is 6.31. The highest BCUT2D eigenvalue weighted by atomic mass is 35.5. The Bertz CT molecular complexity index is 1260. The monoisotopic (exact) mass is 462 g/mol. The third kappa shape index (κ3) is 6.12. The fraction of sp³-hybridized carbons (Fsp3) is 0.0800. The number of carbonyl (C=O) groups is 2. The smallest absolute Gasteiger partial charge is 0.335 e. The molecular weight excluding hydrogens is 444 g/mol. The number of nitrogens with one attached hydrogen (secondary N) is 1. The second-order valence-electron chi connectivity index (χ2n) is 6.80. The molecule has 0 saturated carbocycles. The van der Waals surface area contributed by atoms with Gasteiger partial charge in [-0.05, 0) is 48.0 Å². The first kappa shape index (κ1) is 23.4. The molecule has 0 spiro atoms. The number of ether oxygens (including phenoxy) is 2. The number of nitrogens with zero attached hydrogens (tertiary/aromatic N) is 1. The molecule has 0 aliphatic rings. The number of carboxylic acids is 1. The molecule has 3 rings (SSSR count). The van der Waals surface area contributed by atoms with E-state index in [1.54, 1.807) is 24.3 Å². The van der Waals surface area contributed by atoms with E-state index in [0.29, 0.717) is 22.1 Å². The van der Waals surface area contributed by atoms with E-state index in [1.807, 2.05) is 24.3 Å². The SMILES string of the molecule is COc1ccc(C=C(C#N)C(=O)Nc2cccc(C(=O)O)c2)cc1OCc1ccccc1Cl. The van der Waals surface area contributed by atoms with Gasteiger partial charge in [0.05, 0.1) is 12.7 Å². The Kier molecular flexibility index (Phi) is 7.68. The maximum absolute atomic E-state index is 12.6. The molecule has 0 aliphatic carbocycles. The zero-order valence-corrected chi connectivity index (χ0v) is 18.3. The van der Waals surface area contributed by atoms with Crippen molar-refractivity contribution >= 4 is 35.2 Å². The lowest BCUT2D eigenvalue weighted by molar-refractivity contribution is -0.112. The number of carboxylic acid groups (broad SMARTS) is 1. The van der Waals surface area contributed by atoms with Gasteiger partial charge >= 0.3 is 5.97 Å². The molecule has 33 heavy (non-hydrogen) atoms. The number of nitriles is 1. The first-order chi connectivity index (χ1) is 15.9. The molecule has 0 aliphatic heterocycles. The Morgan fingerprint density at radius 2 is 1.88 bits per heavy atom. The predicted molar refractivity (Wildman–Crippen MR) is 124 cm³/mol. The van der Waals surface area contributed by atoms with Crippen LogP contribution in [0.2, 0.25) is 5.02 Å². The quantitative estimate of drug-likeness (QED) is 0.353. The lowest BCUT2D eigenvalue weighted by atomic mass is 10.1. The molecule has 0 heterocycles. The highest BCUT2D eigenvalue weighted by Gasteiger charge is 2.13. The lowest BCUT2D eigenvalue weighted by Crippen LogP contribution is -2.14. The summed E-state index contributed by atoms with van der Waals surface area (Å²) in [5, 5.41) is 21.7. The molecule has 3 aromatic rings. The third-order valence-corrected chi connectivity index (χ3v) is 4.94. The summed E-state index contributed by atoms with van der Waals surface area (Å²) in [6.07, 6.45) is 1.40. The Hall–Kier alpha value is -4.28. The first-order valence-electron chi connectivity index (χ1n) is 9.72. The van der Waals surface area contributed by atoms with Crippen LogP contribution < -0.4 is 14.8 Å². The molecule has 1 amide bonds. The summed E-state index contributed by atoms with van der Waals surface area (Å²) < 4.78 is 11.2. The number of amides is 1. The van der Waals surface area contributed by atoms with Gasteiger partial charge in [0.15, 0.2) is 11.5 Å². The summed E-state index contributed by atoms with van der Waals surface area (Å²) >= 11 is 6.18. The van der Waals surface area contributed by atoms with Gasteiger partial charge in [-0.1, -0.05) is 41.9 Å². The normalized spacial score (nSPS) is 10.8. The van der Waals surface area contributed by atoms with Crippen molar-refractivity contribution in [3.8, 4) is 17.6 Å². The van der Waals surface area contributed by atoms with Gasteiger partial charge in [-0.25, -0.2) is 4.79 Å². The molecular formula is C25H19ClN2O5. The van der Waals surface area contributed by atoms with Crippen molar-refractivity contribution in [3.05, 3.63) is 94.0 Å². The molecule has 0 atom stereocenters. The van der Waals surface area contributed by atoms with Crippen LogP contribution in [0.5, 0.6) is 11.5 Å². The minimum absolute atomic E-state index is 0.0192. The largest absolute Gasteiger partial charge is 0.493 e. The highest BCUT2D eigenvalue weighted by Crippen LogP contribution is 2.30. The van der Waals surface area contributed by atoms with Crippen LogP contribution in [0.3, 0.4) is 0 Å². The number of aromatic carboxylic acids is 1. The number of hydrogen-bond acceptors (Lipinski definition) is 5. The van der Waals surface area contributed by atoms with E-state index < -0.39 is 11.9 Å². The molecule has 8 heteroatoms. The van der Waals surface area contributed by atoms with E-state index >= 15 is 0 Å². The van der Waals surface area contributed by atoms with Gasteiger partial charge in [0, 0.05) is 16.3 Å². The molecule has 0 saturated heterocycles. The molecule has 0 radical (unpaired) electrons. The minimum atomic E-state index is -1.12. The molecule has 7 nitrogen and oxygen atoms in total. The Morgan fingerprint density at radius 1 is 1.09 bits per heavy atom. The van der Waals surface area contributed by atoms with Gasteiger partial charge in [0.2, 0.25) is 0 Å². The minimum Gasteiger partial charge on any atom is -0.493 e.